The van der Waals surface area contributed by atoms with Gasteiger partial charge < -0.3 is 15.4 Å². The van der Waals surface area contributed by atoms with Gasteiger partial charge in [-0.3, -0.25) is 4.79 Å². The molecule has 1 atom stereocenters. The van der Waals surface area contributed by atoms with Crippen LogP contribution in [0.4, 0.5) is 0 Å². The number of ether oxygens (including phenoxy) is 1. The van der Waals surface area contributed by atoms with Crippen molar-refractivity contribution in [2.45, 2.75) is 12.6 Å². The second-order valence-corrected chi connectivity index (χ2v) is 3.50. The highest BCUT2D eigenvalue weighted by atomic mass is 16.5. The molecule has 0 saturated heterocycles. The van der Waals surface area contributed by atoms with Crippen LogP contribution in [-0.2, 0) is 16.1 Å². The monoisotopic (exact) mass is 222 g/mol. The lowest BCUT2D eigenvalue weighted by Crippen LogP contribution is -2.45. The number of benzene rings is 1. The molecule has 2 N–H and O–H groups in total. The molecule has 0 aliphatic rings. The molecule has 0 radical (unpaired) electrons. The van der Waals surface area contributed by atoms with Gasteiger partial charge in [-0.05, 0) is 12.6 Å². The van der Waals surface area contributed by atoms with E-state index in [4.69, 9.17) is 4.74 Å². The minimum atomic E-state index is -0.297. The Balaban J connectivity index is 2.40. The topological polar surface area (TPSA) is 50.4 Å². The maximum absolute atomic E-state index is 11.7. The Kier molecular flexibility index (Phi) is 5.53. The van der Waals surface area contributed by atoms with Gasteiger partial charge in [-0.2, -0.15) is 0 Å². The van der Waals surface area contributed by atoms with Crippen molar-refractivity contribution < 1.29 is 9.53 Å². The minimum Gasteiger partial charge on any atom is -0.383 e. The third-order valence-corrected chi connectivity index (χ3v) is 2.31. The van der Waals surface area contributed by atoms with Crippen LogP contribution in [0.2, 0.25) is 0 Å². The summed E-state index contributed by atoms with van der Waals surface area (Å²) in [5.41, 5.74) is 1.09. The van der Waals surface area contributed by atoms with Gasteiger partial charge in [-0.15, -0.1) is 0 Å². The summed E-state index contributed by atoms with van der Waals surface area (Å²) in [6.45, 7) is 0.915. The van der Waals surface area contributed by atoms with Gasteiger partial charge in [0, 0.05) is 13.7 Å². The zero-order valence-corrected chi connectivity index (χ0v) is 9.69. The van der Waals surface area contributed by atoms with Crippen LogP contribution in [0.3, 0.4) is 0 Å². The molecule has 0 fully saturated rings. The summed E-state index contributed by atoms with van der Waals surface area (Å²) in [7, 11) is 3.32. The maximum atomic E-state index is 11.7. The quantitative estimate of drug-likeness (QED) is 0.738. The van der Waals surface area contributed by atoms with E-state index in [2.05, 4.69) is 10.6 Å². The smallest absolute Gasteiger partial charge is 0.239 e. The van der Waals surface area contributed by atoms with Crippen LogP contribution in [-0.4, -0.2) is 32.7 Å². The fourth-order valence-electron chi connectivity index (χ4n) is 1.37. The van der Waals surface area contributed by atoms with Crippen molar-refractivity contribution in [2.75, 3.05) is 20.8 Å². The number of hydrogen-bond acceptors (Lipinski definition) is 3. The Bertz CT molecular complexity index is 314. The Morgan fingerprint density at radius 3 is 2.62 bits per heavy atom. The normalized spacial score (nSPS) is 12.1. The first-order valence-electron chi connectivity index (χ1n) is 5.25. The molecule has 0 aliphatic heterocycles. The number of hydrogen-bond donors (Lipinski definition) is 2. The lowest BCUT2D eigenvalue weighted by molar-refractivity contribution is -0.124. The first-order chi connectivity index (χ1) is 7.77. The summed E-state index contributed by atoms with van der Waals surface area (Å²) in [4.78, 5) is 11.7. The SMILES string of the molecule is CNC(COC)C(=O)NCc1ccccc1. The van der Waals surface area contributed by atoms with Gasteiger partial charge >= 0.3 is 0 Å². The van der Waals surface area contributed by atoms with E-state index in [0.29, 0.717) is 13.2 Å². The standard InChI is InChI=1S/C12H18N2O2/c1-13-11(9-16-2)12(15)14-8-10-6-4-3-5-7-10/h3-7,11,13H,8-9H2,1-2H3,(H,14,15). The molecule has 1 rings (SSSR count). The summed E-state index contributed by atoms with van der Waals surface area (Å²) in [6, 6.07) is 9.51. The van der Waals surface area contributed by atoms with Crippen LogP contribution in [0.25, 0.3) is 0 Å². The van der Waals surface area contributed by atoms with Crippen LogP contribution in [0, 0.1) is 0 Å². The van der Waals surface area contributed by atoms with E-state index < -0.39 is 0 Å². The van der Waals surface area contributed by atoms with Crippen LogP contribution in [0.1, 0.15) is 5.56 Å². The third-order valence-electron chi connectivity index (χ3n) is 2.31. The number of nitrogens with one attached hydrogen (secondary N) is 2. The molecule has 0 saturated carbocycles. The highest BCUT2D eigenvalue weighted by molar-refractivity contribution is 5.81. The van der Waals surface area contributed by atoms with Gasteiger partial charge in [0.1, 0.15) is 6.04 Å². The fraction of sp³-hybridized carbons (Fsp3) is 0.417. The van der Waals surface area contributed by atoms with E-state index in [1.54, 1.807) is 14.2 Å². The summed E-state index contributed by atoms with van der Waals surface area (Å²) in [6.07, 6.45) is 0. The van der Waals surface area contributed by atoms with E-state index >= 15 is 0 Å². The fourth-order valence-corrected chi connectivity index (χ4v) is 1.37. The van der Waals surface area contributed by atoms with Crippen molar-refractivity contribution in [3.05, 3.63) is 35.9 Å². The van der Waals surface area contributed by atoms with Crippen molar-refractivity contribution >= 4 is 5.91 Å². The summed E-state index contributed by atoms with van der Waals surface area (Å²) >= 11 is 0. The number of carbonyl (C=O) groups excluding carboxylic acids is 1. The predicted molar refractivity (Wildman–Crippen MR) is 63.0 cm³/mol. The number of rotatable bonds is 6. The van der Waals surface area contributed by atoms with Gasteiger partial charge in [0.2, 0.25) is 5.91 Å². The van der Waals surface area contributed by atoms with Crippen molar-refractivity contribution in [3.63, 3.8) is 0 Å². The molecular weight excluding hydrogens is 204 g/mol. The van der Waals surface area contributed by atoms with E-state index in [-0.39, 0.29) is 11.9 Å². The van der Waals surface area contributed by atoms with E-state index in [1.165, 1.54) is 0 Å². The number of carbonyl (C=O) groups is 1. The minimum absolute atomic E-state index is 0.0480. The summed E-state index contributed by atoms with van der Waals surface area (Å²) < 4.78 is 4.94. The van der Waals surface area contributed by atoms with E-state index in [1.807, 2.05) is 30.3 Å². The molecule has 16 heavy (non-hydrogen) atoms. The second-order valence-electron chi connectivity index (χ2n) is 3.50. The van der Waals surface area contributed by atoms with E-state index in [0.717, 1.165) is 5.56 Å². The first kappa shape index (κ1) is 12.7. The summed E-state index contributed by atoms with van der Waals surface area (Å²) in [5.74, 6) is -0.0480. The van der Waals surface area contributed by atoms with Crippen molar-refractivity contribution in [2.24, 2.45) is 0 Å². The molecule has 4 heteroatoms. The van der Waals surface area contributed by atoms with Crippen molar-refractivity contribution in [1.29, 1.82) is 0 Å². The Morgan fingerprint density at radius 1 is 1.38 bits per heavy atom. The second kappa shape index (κ2) is 6.98. The van der Waals surface area contributed by atoms with Gasteiger partial charge in [-0.25, -0.2) is 0 Å². The van der Waals surface area contributed by atoms with Gasteiger partial charge in [0.15, 0.2) is 0 Å². The zero-order chi connectivity index (χ0) is 11.8. The lowest BCUT2D eigenvalue weighted by atomic mass is 10.2. The molecule has 4 nitrogen and oxygen atoms in total. The highest BCUT2D eigenvalue weighted by Crippen LogP contribution is 1.97. The molecule has 0 aromatic heterocycles. The average Bonchev–Trinajstić information content (AvgIpc) is 2.34. The molecule has 0 aliphatic carbocycles. The molecule has 1 aromatic carbocycles. The van der Waals surface area contributed by atoms with E-state index in [9.17, 15) is 4.79 Å². The molecular formula is C12H18N2O2. The highest BCUT2D eigenvalue weighted by Gasteiger charge is 2.14. The molecule has 1 unspecified atom stereocenters. The molecule has 1 aromatic rings. The molecule has 0 spiro atoms. The van der Waals surface area contributed by atoms with Crippen LogP contribution in [0.5, 0.6) is 0 Å². The Labute approximate surface area is 96.0 Å². The Hall–Kier alpha value is -1.39. The number of likely N-dealkylation sites (N-methyl/N-ethyl adjacent to an activating group) is 1. The zero-order valence-electron chi connectivity index (χ0n) is 9.69. The Morgan fingerprint density at radius 2 is 2.06 bits per heavy atom. The maximum Gasteiger partial charge on any atom is 0.239 e. The number of amides is 1. The molecule has 1 amide bonds. The van der Waals surface area contributed by atoms with Gasteiger partial charge in [0.05, 0.1) is 6.61 Å². The summed E-state index contributed by atoms with van der Waals surface area (Å²) in [5, 5.41) is 5.76. The molecule has 0 heterocycles. The predicted octanol–water partition coefficient (Wildman–Crippen LogP) is 0.537. The molecule has 0 bridgehead atoms. The first-order valence-corrected chi connectivity index (χ1v) is 5.25. The van der Waals surface area contributed by atoms with Gasteiger partial charge in [-0.1, -0.05) is 30.3 Å². The lowest BCUT2D eigenvalue weighted by Gasteiger charge is -2.14. The van der Waals surface area contributed by atoms with Crippen LogP contribution < -0.4 is 10.6 Å². The van der Waals surface area contributed by atoms with Crippen LogP contribution in [0.15, 0.2) is 30.3 Å². The van der Waals surface area contributed by atoms with Crippen molar-refractivity contribution in [1.82, 2.24) is 10.6 Å². The van der Waals surface area contributed by atoms with Crippen molar-refractivity contribution in [3.8, 4) is 0 Å². The largest absolute Gasteiger partial charge is 0.383 e. The number of methoxy groups -OCH3 is 1. The van der Waals surface area contributed by atoms with Gasteiger partial charge in [0.25, 0.3) is 0 Å². The van der Waals surface area contributed by atoms with Crippen LogP contribution >= 0.6 is 0 Å². The third kappa shape index (κ3) is 4.00. The molecule has 88 valence electrons. The average molecular weight is 222 g/mol.